The number of rotatable bonds is 6. The van der Waals surface area contributed by atoms with Crippen molar-refractivity contribution in [1.82, 2.24) is 5.32 Å². The highest BCUT2D eigenvalue weighted by atomic mass is 16.5. The molecule has 6 nitrogen and oxygen atoms in total. The highest BCUT2D eigenvalue weighted by Crippen LogP contribution is 2.16. The molecule has 1 aromatic carbocycles. The van der Waals surface area contributed by atoms with Gasteiger partial charge < -0.3 is 19.9 Å². The lowest BCUT2D eigenvalue weighted by atomic mass is 10.2. The summed E-state index contributed by atoms with van der Waals surface area (Å²) in [5, 5.41) is 11.2. The van der Waals surface area contributed by atoms with Gasteiger partial charge in [0.15, 0.2) is 6.10 Å². The van der Waals surface area contributed by atoms with Crippen molar-refractivity contribution in [3.05, 3.63) is 29.8 Å². The van der Waals surface area contributed by atoms with Crippen LogP contribution in [0.4, 0.5) is 0 Å². The van der Waals surface area contributed by atoms with E-state index < -0.39 is 18.0 Å². The fraction of sp³-hybridized carbons (Fsp3) is 0.333. The van der Waals surface area contributed by atoms with Gasteiger partial charge in [0.05, 0.1) is 19.2 Å². The number of nitrogens with one attached hydrogen (secondary N) is 1. The van der Waals surface area contributed by atoms with Gasteiger partial charge in [-0.2, -0.15) is 0 Å². The molecule has 2 N–H and O–H groups in total. The molecular formula is C12H15NO5. The number of methoxy groups -OCH3 is 2. The van der Waals surface area contributed by atoms with E-state index in [9.17, 15) is 9.59 Å². The number of carbonyl (C=O) groups is 2. The van der Waals surface area contributed by atoms with E-state index in [-0.39, 0.29) is 6.54 Å². The van der Waals surface area contributed by atoms with Gasteiger partial charge in [0, 0.05) is 7.11 Å². The topological polar surface area (TPSA) is 84.9 Å². The number of carboxylic acid groups (broad SMARTS) is 1. The lowest BCUT2D eigenvalue weighted by molar-refractivity contribution is -0.148. The summed E-state index contributed by atoms with van der Waals surface area (Å²) < 4.78 is 9.75. The Kier molecular flexibility index (Phi) is 5.13. The monoisotopic (exact) mass is 253 g/mol. The van der Waals surface area contributed by atoms with Crippen LogP contribution in [0.15, 0.2) is 24.3 Å². The highest BCUT2D eigenvalue weighted by Gasteiger charge is 2.18. The summed E-state index contributed by atoms with van der Waals surface area (Å²) in [7, 11) is 2.73. The minimum absolute atomic E-state index is 0.108. The Morgan fingerprint density at radius 3 is 2.56 bits per heavy atom. The van der Waals surface area contributed by atoms with Gasteiger partial charge in [0.1, 0.15) is 5.75 Å². The normalized spacial score (nSPS) is 11.7. The quantitative estimate of drug-likeness (QED) is 0.772. The average molecular weight is 253 g/mol. The van der Waals surface area contributed by atoms with E-state index in [0.29, 0.717) is 11.3 Å². The molecule has 6 heteroatoms. The van der Waals surface area contributed by atoms with Crippen LogP contribution in [-0.2, 0) is 9.53 Å². The molecule has 0 fully saturated rings. The molecule has 1 aromatic rings. The molecule has 1 amide bonds. The van der Waals surface area contributed by atoms with Crippen molar-refractivity contribution in [1.29, 1.82) is 0 Å². The number of carboxylic acids is 1. The fourth-order valence-corrected chi connectivity index (χ4v) is 1.38. The first-order chi connectivity index (χ1) is 8.60. The third kappa shape index (κ3) is 3.46. The molecule has 1 unspecified atom stereocenters. The van der Waals surface area contributed by atoms with Gasteiger partial charge in [-0.3, -0.25) is 4.79 Å². The molecule has 0 bridgehead atoms. The highest BCUT2D eigenvalue weighted by molar-refractivity contribution is 5.97. The third-order valence-electron chi connectivity index (χ3n) is 2.36. The van der Waals surface area contributed by atoms with Gasteiger partial charge >= 0.3 is 5.97 Å². The molecule has 1 rings (SSSR count). The van der Waals surface area contributed by atoms with E-state index in [0.717, 1.165) is 0 Å². The number of ether oxygens (including phenoxy) is 2. The molecule has 0 radical (unpaired) electrons. The number of para-hydroxylation sites is 1. The largest absolute Gasteiger partial charge is 0.496 e. The summed E-state index contributed by atoms with van der Waals surface area (Å²) in [6.45, 7) is -0.108. The van der Waals surface area contributed by atoms with Crippen molar-refractivity contribution in [2.75, 3.05) is 20.8 Å². The zero-order valence-corrected chi connectivity index (χ0v) is 10.2. The van der Waals surface area contributed by atoms with Gasteiger partial charge in [0.2, 0.25) is 0 Å². The maximum absolute atomic E-state index is 11.8. The van der Waals surface area contributed by atoms with E-state index in [2.05, 4.69) is 5.32 Å². The van der Waals surface area contributed by atoms with Crippen LogP contribution < -0.4 is 10.1 Å². The van der Waals surface area contributed by atoms with Crippen LogP contribution in [0.3, 0.4) is 0 Å². The lowest BCUT2D eigenvalue weighted by Gasteiger charge is -2.12. The smallest absolute Gasteiger partial charge is 0.334 e. The Hall–Kier alpha value is -2.08. The van der Waals surface area contributed by atoms with Crippen LogP contribution in [0, 0.1) is 0 Å². The maximum atomic E-state index is 11.8. The van der Waals surface area contributed by atoms with E-state index in [1.807, 2.05) is 0 Å². The number of aliphatic carboxylic acids is 1. The van der Waals surface area contributed by atoms with E-state index in [4.69, 9.17) is 14.6 Å². The Balaban J connectivity index is 2.68. The fourth-order valence-electron chi connectivity index (χ4n) is 1.38. The molecule has 98 valence electrons. The summed E-state index contributed by atoms with van der Waals surface area (Å²) in [6.07, 6.45) is -1.07. The molecule has 18 heavy (non-hydrogen) atoms. The van der Waals surface area contributed by atoms with Crippen LogP contribution in [0.25, 0.3) is 0 Å². The summed E-state index contributed by atoms with van der Waals surface area (Å²) in [5.74, 6) is -1.10. The summed E-state index contributed by atoms with van der Waals surface area (Å²) >= 11 is 0. The van der Waals surface area contributed by atoms with Crippen molar-refractivity contribution in [2.24, 2.45) is 0 Å². The van der Waals surface area contributed by atoms with E-state index in [1.54, 1.807) is 24.3 Å². The van der Waals surface area contributed by atoms with Crippen molar-refractivity contribution in [2.45, 2.75) is 6.10 Å². The van der Waals surface area contributed by atoms with Crippen molar-refractivity contribution < 1.29 is 24.2 Å². The molecular weight excluding hydrogens is 238 g/mol. The SMILES string of the molecule is COc1ccccc1C(=O)NCC(OC)C(=O)O. The molecule has 0 aromatic heterocycles. The van der Waals surface area contributed by atoms with Gasteiger partial charge in [0.25, 0.3) is 5.91 Å². The maximum Gasteiger partial charge on any atom is 0.334 e. The number of hydrogen-bond donors (Lipinski definition) is 2. The second kappa shape index (κ2) is 6.61. The number of hydrogen-bond acceptors (Lipinski definition) is 4. The standard InChI is InChI=1S/C12H15NO5/c1-17-9-6-4-3-5-8(9)11(14)13-7-10(18-2)12(15)16/h3-6,10H,7H2,1-2H3,(H,13,14)(H,15,16). The van der Waals surface area contributed by atoms with Crippen molar-refractivity contribution in [3.8, 4) is 5.75 Å². The van der Waals surface area contributed by atoms with Crippen molar-refractivity contribution >= 4 is 11.9 Å². The van der Waals surface area contributed by atoms with Gasteiger partial charge in [-0.25, -0.2) is 4.79 Å². The molecule has 0 saturated heterocycles. The van der Waals surface area contributed by atoms with E-state index >= 15 is 0 Å². The zero-order valence-electron chi connectivity index (χ0n) is 10.2. The van der Waals surface area contributed by atoms with Gasteiger partial charge in [-0.15, -0.1) is 0 Å². The van der Waals surface area contributed by atoms with Crippen LogP contribution in [0.5, 0.6) is 5.75 Å². The molecule has 0 aliphatic rings. The van der Waals surface area contributed by atoms with Crippen LogP contribution in [0.2, 0.25) is 0 Å². The Labute approximate surface area is 105 Å². The first kappa shape index (κ1) is 14.0. The molecule has 0 spiro atoms. The van der Waals surface area contributed by atoms with Crippen LogP contribution in [-0.4, -0.2) is 43.9 Å². The first-order valence-electron chi connectivity index (χ1n) is 5.27. The first-order valence-corrected chi connectivity index (χ1v) is 5.27. The van der Waals surface area contributed by atoms with Gasteiger partial charge in [-0.05, 0) is 12.1 Å². The minimum atomic E-state index is -1.13. The number of benzene rings is 1. The van der Waals surface area contributed by atoms with Gasteiger partial charge in [-0.1, -0.05) is 12.1 Å². The Morgan fingerprint density at radius 1 is 1.33 bits per heavy atom. The third-order valence-corrected chi connectivity index (χ3v) is 2.36. The van der Waals surface area contributed by atoms with Crippen LogP contribution in [0.1, 0.15) is 10.4 Å². The summed E-state index contributed by atoms with van der Waals surface area (Å²) in [6, 6.07) is 6.68. The Bertz CT molecular complexity index is 432. The number of carbonyl (C=O) groups excluding carboxylic acids is 1. The summed E-state index contributed by atoms with van der Waals surface area (Å²) in [4.78, 5) is 22.5. The van der Waals surface area contributed by atoms with Crippen molar-refractivity contribution in [3.63, 3.8) is 0 Å². The molecule has 0 saturated carbocycles. The lowest BCUT2D eigenvalue weighted by Crippen LogP contribution is -2.37. The number of amides is 1. The zero-order chi connectivity index (χ0) is 13.5. The second-order valence-corrected chi connectivity index (χ2v) is 3.47. The van der Waals surface area contributed by atoms with Crippen LogP contribution >= 0.6 is 0 Å². The molecule has 0 aliphatic heterocycles. The Morgan fingerprint density at radius 2 is 2.00 bits per heavy atom. The molecule has 0 heterocycles. The molecule has 1 atom stereocenters. The molecule has 0 aliphatic carbocycles. The minimum Gasteiger partial charge on any atom is -0.496 e. The van der Waals surface area contributed by atoms with E-state index in [1.165, 1.54) is 14.2 Å². The predicted molar refractivity (Wildman–Crippen MR) is 63.8 cm³/mol. The average Bonchev–Trinajstić information content (AvgIpc) is 2.38. The predicted octanol–water partition coefficient (Wildman–Crippen LogP) is 0.525. The summed E-state index contributed by atoms with van der Waals surface area (Å²) in [5.41, 5.74) is 0.347. The second-order valence-electron chi connectivity index (χ2n) is 3.47.